The van der Waals surface area contributed by atoms with Gasteiger partial charge in [0, 0.05) is 6.20 Å². The normalized spacial score (nSPS) is 10.8. The summed E-state index contributed by atoms with van der Waals surface area (Å²) in [5.74, 6) is -0.118. The lowest BCUT2D eigenvalue weighted by Crippen LogP contribution is -2.20. The third-order valence-corrected chi connectivity index (χ3v) is 2.24. The largest absolute Gasteiger partial charge is 0.370 e. The Balaban J connectivity index is 2.07. The number of fused-ring (bicyclic) bond motifs is 1. The monoisotopic (exact) mass is 235 g/mol. The third kappa shape index (κ3) is 2.51. The minimum Gasteiger partial charge on any atom is -0.370 e. The predicted molar refractivity (Wildman–Crippen MR) is 62.0 cm³/mol. The Bertz CT molecular complexity index is 536. The number of carbonyl (C=O) groups is 1. The summed E-state index contributed by atoms with van der Waals surface area (Å²) in [6.07, 6.45) is 1.67. The van der Waals surface area contributed by atoms with E-state index in [2.05, 4.69) is 9.97 Å². The van der Waals surface area contributed by atoms with Crippen LogP contribution in [0.3, 0.4) is 0 Å². The molecule has 0 aromatic carbocycles. The average Bonchev–Trinajstić information content (AvgIpc) is 2.60. The van der Waals surface area contributed by atoms with Crippen LogP contribution in [0.1, 0.15) is 0 Å². The summed E-state index contributed by atoms with van der Waals surface area (Å²) in [5.41, 5.74) is 12.1. The molecule has 7 nitrogen and oxygen atoms in total. The summed E-state index contributed by atoms with van der Waals surface area (Å²) in [7, 11) is 0. The van der Waals surface area contributed by atoms with Crippen molar-refractivity contribution in [3.63, 3.8) is 0 Å². The van der Waals surface area contributed by atoms with Crippen molar-refractivity contribution in [1.29, 1.82) is 0 Å². The number of carbonyl (C=O) groups excluding carboxylic acids is 1. The third-order valence-electron chi connectivity index (χ3n) is 2.24. The number of nitrogens with two attached hydrogens (primary N) is 2. The molecule has 4 N–H and O–H groups in total. The maximum absolute atomic E-state index is 10.5. The molecule has 0 bridgehead atoms. The molecule has 2 rings (SSSR count). The fourth-order valence-electron chi connectivity index (χ4n) is 1.53. The molecule has 0 fully saturated rings. The van der Waals surface area contributed by atoms with E-state index in [1.165, 1.54) is 0 Å². The van der Waals surface area contributed by atoms with Crippen molar-refractivity contribution in [2.75, 3.05) is 18.9 Å². The van der Waals surface area contributed by atoms with Crippen molar-refractivity contribution in [3.05, 3.63) is 18.3 Å². The number of ether oxygens (including phenoxy) is 1. The molecule has 7 heteroatoms. The number of nitrogens with zero attached hydrogens (tertiary/aromatic N) is 3. The van der Waals surface area contributed by atoms with Crippen LogP contribution in [0.5, 0.6) is 0 Å². The van der Waals surface area contributed by atoms with Gasteiger partial charge in [-0.15, -0.1) is 0 Å². The molecule has 2 heterocycles. The number of aromatic nitrogens is 3. The molecule has 0 aliphatic carbocycles. The van der Waals surface area contributed by atoms with Gasteiger partial charge in [-0.1, -0.05) is 0 Å². The topological polar surface area (TPSA) is 109 Å². The number of hydrogen-bond donors (Lipinski definition) is 2. The number of imidazole rings is 1. The van der Waals surface area contributed by atoms with Crippen LogP contribution < -0.4 is 11.5 Å². The van der Waals surface area contributed by atoms with Crippen LogP contribution in [0, 0.1) is 0 Å². The number of nitrogen functional groups attached to an aromatic ring is 1. The van der Waals surface area contributed by atoms with E-state index < -0.39 is 5.91 Å². The summed E-state index contributed by atoms with van der Waals surface area (Å²) in [5, 5.41) is 0. The molecule has 17 heavy (non-hydrogen) atoms. The molecular formula is C10H13N5O2. The molecule has 0 saturated carbocycles. The molecule has 0 aliphatic heterocycles. The molecular weight excluding hydrogens is 222 g/mol. The van der Waals surface area contributed by atoms with Gasteiger partial charge in [0.1, 0.15) is 12.1 Å². The molecule has 0 atom stereocenters. The second-order valence-corrected chi connectivity index (χ2v) is 3.49. The van der Waals surface area contributed by atoms with Crippen LogP contribution in [-0.4, -0.2) is 33.7 Å². The highest BCUT2D eigenvalue weighted by Gasteiger charge is 2.08. The van der Waals surface area contributed by atoms with Gasteiger partial charge in [0.25, 0.3) is 0 Å². The SMILES string of the molecule is NC(=O)COCCn1c(N)nc2cccnc21. The van der Waals surface area contributed by atoms with Gasteiger partial charge in [-0.2, -0.15) is 0 Å². The summed E-state index contributed by atoms with van der Waals surface area (Å²) >= 11 is 0. The number of amides is 1. The van der Waals surface area contributed by atoms with Crippen molar-refractivity contribution < 1.29 is 9.53 Å². The Kier molecular flexibility index (Phi) is 3.20. The highest BCUT2D eigenvalue weighted by molar-refractivity contribution is 5.75. The van der Waals surface area contributed by atoms with Gasteiger partial charge in [-0.05, 0) is 12.1 Å². The quantitative estimate of drug-likeness (QED) is 0.680. The Hall–Kier alpha value is -2.15. The summed E-state index contributed by atoms with van der Waals surface area (Å²) in [4.78, 5) is 18.8. The van der Waals surface area contributed by atoms with Crippen molar-refractivity contribution in [2.24, 2.45) is 5.73 Å². The van der Waals surface area contributed by atoms with Crippen molar-refractivity contribution in [2.45, 2.75) is 6.54 Å². The van der Waals surface area contributed by atoms with E-state index in [9.17, 15) is 4.79 Å². The Morgan fingerprint density at radius 1 is 1.53 bits per heavy atom. The Morgan fingerprint density at radius 2 is 2.35 bits per heavy atom. The van der Waals surface area contributed by atoms with Crippen LogP contribution in [0.4, 0.5) is 5.95 Å². The van der Waals surface area contributed by atoms with Crippen molar-refractivity contribution in [1.82, 2.24) is 14.5 Å². The average molecular weight is 235 g/mol. The fourth-order valence-corrected chi connectivity index (χ4v) is 1.53. The zero-order valence-electron chi connectivity index (χ0n) is 9.17. The van der Waals surface area contributed by atoms with E-state index in [0.717, 1.165) is 5.52 Å². The van der Waals surface area contributed by atoms with Crippen LogP contribution in [0.2, 0.25) is 0 Å². The van der Waals surface area contributed by atoms with Gasteiger partial charge >= 0.3 is 0 Å². The minimum absolute atomic E-state index is 0.0973. The standard InChI is InChI=1S/C10H13N5O2/c11-8(16)6-17-5-4-15-9-7(14-10(15)12)2-1-3-13-9/h1-3H,4-6H2,(H2,11,16)(H2,12,14). The fraction of sp³-hybridized carbons (Fsp3) is 0.300. The number of rotatable bonds is 5. The molecule has 0 unspecified atom stereocenters. The number of hydrogen-bond acceptors (Lipinski definition) is 5. The van der Waals surface area contributed by atoms with Gasteiger partial charge in [0.2, 0.25) is 11.9 Å². The number of anilines is 1. The van der Waals surface area contributed by atoms with E-state index in [1.54, 1.807) is 16.8 Å². The van der Waals surface area contributed by atoms with Gasteiger partial charge in [-0.25, -0.2) is 9.97 Å². The predicted octanol–water partition coefficient (Wildman–Crippen LogP) is -0.485. The van der Waals surface area contributed by atoms with Crippen molar-refractivity contribution >= 4 is 23.0 Å². The van der Waals surface area contributed by atoms with Crippen molar-refractivity contribution in [3.8, 4) is 0 Å². The van der Waals surface area contributed by atoms with E-state index in [4.69, 9.17) is 16.2 Å². The highest BCUT2D eigenvalue weighted by atomic mass is 16.5. The molecule has 0 spiro atoms. The Morgan fingerprint density at radius 3 is 3.12 bits per heavy atom. The minimum atomic E-state index is -0.494. The first-order valence-corrected chi connectivity index (χ1v) is 5.11. The molecule has 90 valence electrons. The van der Waals surface area contributed by atoms with E-state index in [0.29, 0.717) is 24.7 Å². The zero-order valence-corrected chi connectivity index (χ0v) is 9.17. The Labute approximate surface area is 97.4 Å². The molecule has 1 amide bonds. The first kappa shape index (κ1) is 11.3. The second kappa shape index (κ2) is 4.79. The molecule has 2 aromatic rings. The smallest absolute Gasteiger partial charge is 0.243 e. The molecule has 0 radical (unpaired) electrons. The maximum atomic E-state index is 10.5. The van der Waals surface area contributed by atoms with Crippen LogP contribution in [-0.2, 0) is 16.1 Å². The highest BCUT2D eigenvalue weighted by Crippen LogP contribution is 2.14. The van der Waals surface area contributed by atoms with Gasteiger partial charge < -0.3 is 16.2 Å². The van der Waals surface area contributed by atoms with Crippen LogP contribution in [0.25, 0.3) is 11.2 Å². The van der Waals surface area contributed by atoms with Crippen LogP contribution >= 0.6 is 0 Å². The molecule has 0 saturated heterocycles. The van der Waals surface area contributed by atoms with Crippen LogP contribution in [0.15, 0.2) is 18.3 Å². The summed E-state index contributed by atoms with van der Waals surface area (Å²) in [6, 6.07) is 3.63. The lowest BCUT2D eigenvalue weighted by molar-refractivity contribution is -0.122. The second-order valence-electron chi connectivity index (χ2n) is 3.49. The first-order valence-electron chi connectivity index (χ1n) is 5.11. The van der Waals surface area contributed by atoms with E-state index in [1.807, 2.05) is 6.07 Å². The molecule has 0 aliphatic rings. The summed E-state index contributed by atoms with van der Waals surface area (Å²) in [6.45, 7) is 0.710. The van der Waals surface area contributed by atoms with Gasteiger partial charge in [-0.3, -0.25) is 9.36 Å². The van der Waals surface area contributed by atoms with E-state index >= 15 is 0 Å². The lowest BCUT2D eigenvalue weighted by atomic mass is 10.4. The van der Waals surface area contributed by atoms with Gasteiger partial charge in [0.15, 0.2) is 5.65 Å². The van der Waals surface area contributed by atoms with Gasteiger partial charge in [0.05, 0.1) is 13.2 Å². The number of primary amides is 1. The first-order chi connectivity index (χ1) is 8.18. The zero-order chi connectivity index (χ0) is 12.3. The van der Waals surface area contributed by atoms with E-state index in [-0.39, 0.29) is 6.61 Å². The maximum Gasteiger partial charge on any atom is 0.243 e. The number of pyridine rings is 1. The molecule has 2 aromatic heterocycles. The summed E-state index contributed by atoms with van der Waals surface area (Å²) < 4.78 is 6.80. The lowest BCUT2D eigenvalue weighted by Gasteiger charge is -2.05.